The summed E-state index contributed by atoms with van der Waals surface area (Å²) in [7, 11) is 2.20. The SMILES string of the molecule is CCN(C)C1CCN(c2nc(-c3ccncc3)nc(C)c2C)C1. The van der Waals surface area contributed by atoms with Gasteiger partial charge in [-0.15, -0.1) is 0 Å². The zero-order valence-corrected chi connectivity index (χ0v) is 14.5. The van der Waals surface area contributed by atoms with Crippen LogP contribution in [-0.4, -0.2) is 52.6 Å². The summed E-state index contributed by atoms with van der Waals surface area (Å²) >= 11 is 0. The Labute approximate surface area is 138 Å². The molecule has 1 aliphatic rings. The fraction of sp³-hybridized carbons (Fsp3) is 0.500. The maximum Gasteiger partial charge on any atom is 0.161 e. The molecule has 5 nitrogen and oxygen atoms in total. The molecule has 1 fully saturated rings. The molecule has 5 heteroatoms. The molecule has 0 aliphatic carbocycles. The summed E-state index contributed by atoms with van der Waals surface area (Å²) in [6.45, 7) is 9.58. The molecule has 2 aromatic heterocycles. The number of pyridine rings is 1. The smallest absolute Gasteiger partial charge is 0.161 e. The minimum atomic E-state index is 0.610. The third-order valence-corrected chi connectivity index (χ3v) is 4.89. The molecule has 0 saturated carbocycles. The van der Waals surface area contributed by atoms with Gasteiger partial charge in [-0.25, -0.2) is 9.97 Å². The fourth-order valence-corrected chi connectivity index (χ4v) is 3.10. The summed E-state index contributed by atoms with van der Waals surface area (Å²) < 4.78 is 0. The van der Waals surface area contributed by atoms with Crippen LogP contribution < -0.4 is 4.90 Å². The molecule has 0 spiro atoms. The Kier molecular flexibility index (Phi) is 4.57. The van der Waals surface area contributed by atoms with E-state index < -0.39 is 0 Å². The molecule has 0 bridgehead atoms. The van der Waals surface area contributed by atoms with Crippen LogP contribution in [0, 0.1) is 13.8 Å². The van der Waals surface area contributed by atoms with Gasteiger partial charge in [-0.2, -0.15) is 0 Å². The van der Waals surface area contributed by atoms with Crippen molar-refractivity contribution in [1.29, 1.82) is 0 Å². The van der Waals surface area contributed by atoms with E-state index in [1.165, 1.54) is 12.0 Å². The van der Waals surface area contributed by atoms with E-state index in [-0.39, 0.29) is 0 Å². The second kappa shape index (κ2) is 6.62. The number of likely N-dealkylation sites (N-methyl/N-ethyl adjacent to an activating group) is 1. The first kappa shape index (κ1) is 15.9. The summed E-state index contributed by atoms with van der Waals surface area (Å²) in [6, 6.07) is 4.54. The quantitative estimate of drug-likeness (QED) is 0.868. The Morgan fingerprint density at radius 3 is 2.65 bits per heavy atom. The topological polar surface area (TPSA) is 45.2 Å². The van der Waals surface area contributed by atoms with Crippen molar-refractivity contribution in [2.24, 2.45) is 0 Å². The summed E-state index contributed by atoms with van der Waals surface area (Å²) in [5.74, 6) is 1.87. The van der Waals surface area contributed by atoms with Gasteiger partial charge in [-0.1, -0.05) is 6.92 Å². The number of rotatable bonds is 4. The number of aromatic nitrogens is 3. The number of anilines is 1. The molecular weight excluding hydrogens is 286 g/mol. The molecule has 3 rings (SSSR count). The Bertz CT molecular complexity index is 671. The first-order chi connectivity index (χ1) is 11.1. The van der Waals surface area contributed by atoms with Crippen molar-refractivity contribution in [3.63, 3.8) is 0 Å². The monoisotopic (exact) mass is 311 g/mol. The molecule has 3 heterocycles. The minimum Gasteiger partial charge on any atom is -0.355 e. The summed E-state index contributed by atoms with van der Waals surface area (Å²) in [4.78, 5) is 18.5. The zero-order valence-electron chi connectivity index (χ0n) is 14.5. The molecule has 2 aromatic rings. The molecule has 0 N–H and O–H groups in total. The Hall–Kier alpha value is -2.01. The van der Waals surface area contributed by atoms with Gasteiger partial charge in [0.05, 0.1) is 0 Å². The lowest BCUT2D eigenvalue weighted by molar-refractivity contribution is 0.272. The van der Waals surface area contributed by atoms with Crippen LogP contribution in [0.1, 0.15) is 24.6 Å². The van der Waals surface area contributed by atoms with Crippen LogP contribution in [0.5, 0.6) is 0 Å². The lowest BCUT2D eigenvalue weighted by atomic mass is 10.2. The lowest BCUT2D eigenvalue weighted by Crippen LogP contribution is -2.34. The van der Waals surface area contributed by atoms with Crippen molar-refractivity contribution in [3.8, 4) is 11.4 Å². The van der Waals surface area contributed by atoms with Crippen LogP contribution in [0.25, 0.3) is 11.4 Å². The predicted octanol–water partition coefficient (Wildman–Crippen LogP) is 2.69. The molecule has 0 radical (unpaired) electrons. The Morgan fingerprint density at radius 1 is 1.22 bits per heavy atom. The second-order valence-electron chi connectivity index (χ2n) is 6.28. The van der Waals surface area contributed by atoms with Gasteiger partial charge in [0.2, 0.25) is 0 Å². The van der Waals surface area contributed by atoms with E-state index in [0.29, 0.717) is 6.04 Å². The highest BCUT2D eigenvalue weighted by Crippen LogP contribution is 2.27. The standard InChI is InChI=1S/C18H25N5/c1-5-22(4)16-8-11-23(12-16)18-13(2)14(3)20-17(21-18)15-6-9-19-10-7-15/h6-7,9-10,16H,5,8,11-12H2,1-4H3. The van der Waals surface area contributed by atoms with Crippen molar-refractivity contribution in [3.05, 3.63) is 35.8 Å². The van der Waals surface area contributed by atoms with Gasteiger partial charge in [0.25, 0.3) is 0 Å². The third-order valence-electron chi connectivity index (χ3n) is 4.89. The van der Waals surface area contributed by atoms with Crippen LogP contribution in [0.3, 0.4) is 0 Å². The molecule has 1 atom stereocenters. The van der Waals surface area contributed by atoms with Crippen LogP contribution in [0.4, 0.5) is 5.82 Å². The van der Waals surface area contributed by atoms with E-state index in [2.05, 4.69) is 47.6 Å². The van der Waals surface area contributed by atoms with E-state index in [9.17, 15) is 0 Å². The largest absolute Gasteiger partial charge is 0.355 e. The van der Waals surface area contributed by atoms with Gasteiger partial charge in [0, 0.05) is 48.3 Å². The van der Waals surface area contributed by atoms with E-state index in [4.69, 9.17) is 4.98 Å². The number of aryl methyl sites for hydroxylation is 1. The predicted molar refractivity (Wildman–Crippen MR) is 93.7 cm³/mol. The first-order valence-electron chi connectivity index (χ1n) is 8.31. The molecule has 0 aromatic carbocycles. The van der Waals surface area contributed by atoms with E-state index in [1.54, 1.807) is 12.4 Å². The first-order valence-corrected chi connectivity index (χ1v) is 8.31. The van der Waals surface area contributed by atoms with Gasteiger partial charge in [-0.05, 0) is 46.0 Å². The van der Waals surface area contributed by atoms with Gasteiger partial charge in [-0.3, -0.25) is 4.98 Å². The van der Waals surface area contributed by atoms with Crippen molar-refractivity contribution in [1.82, 2.24) is 19.9 Å². The highest BCUT2D eigenvalue weighted by atomic mass is 15.3. The van der Waals surface area contributed by atoms with Gasteiger partial charge in [0.1, 0.15) is 5.82 Å². The molecular formula is C18H25N5. The molecule has 122 valence electrons. The Balaban J connectivity index is 1.92. The molecule has 1 unspecified atom stereocenters. The third kappa shape index (κ3) is 3.20. The van der Waals surface area contributed by atoms with Crippen LogP contribution in [0.15, 0.2) is 24.5 Å². The molecule has 23 heavy (non-hydrogen) atoms. The fourth-order valence-electron chi connectivity index (χ4n) is 3.10. The molecule has 1 aliphatic heterocycles. The average Bonchev–Trinajstić information content (AvgIpc) is 3.07. The summed E-state index contributed by atoms with van der Waals surface area (Å²) in [5.41, 5.74) is 3.25. The Morgan fingerprint density at radius 2 is 1.96 bits per heavy atom. The zero-order chi connectivity index (χ0) is 16.4. The van der Waals surface area contributed by atoms with Crippen molar-refractivity contribution in [2.45, 2.75) is 33.2 Å². The van der Waals surface area contributed by atoms with E-state index in [1.807, 2.05) is 12.1 Å². The molecule has 1 saturated heterocycles. The summed E-state index contributed by atoms with van der Waals surface area (Å²) in [6.07, 6.45) is 4.77. The van der Waals surface area contributed by atoms with Crippen LogP contribution in [0.2, 0.25) is 0 Å². The highest BCUT2D eigenvalue weighted by Gasteiger charge is 2.27. The van der Waals surface area contributed by atoms with Gasteiger partial charge in [0.15, 0.2) is 5.82 Å². The minimum absolute atomic E-state index is 0.610. The van der Waals surface area contributed by atoms with Crippen LogP contribution >= 0.6 is 0 Å². The highest BCUT2D eigenvalue weighted by molar-refractivity contribution is 5.60. The summed E-state index contributed by atoms with van der Waals surface area (Å²) in [5, 5.41) is 0. The van der Waals surface area contributed by atoms with Crippen molar-refractivity contribution < 1.29 is 0 Å². The van der Waals surface area contributed by atoms with E-state index >= 15 is 0 Å². The number of nitrogens with zero attached hydrogens (tertiary/aromatic N) is 5. The van der Waals surface area contributed by atoms with Crippen molar-refractivity contribution >= 4 is 5.82 Å². The maximum absolute atomic E-state index is 4.87. The van der Waals surface area contributed by atoms with E-state index in [0.717, 1.165) is 42.5 Å². The number of hydrogen-bond donors (Lipinski definition) is 0. The van der Waals surface area contributed by atoms with Gasteiger partial charge >= 0.3 is 0 Å². The molecule has 0 amide bonds. The normalized spacial score (nSPS) is 18.0. The van der Waals surface area contributed by atoms with Crippen molar-refractivity contribution in [2.75, 3.05) is 31.6 Å². The average molecular weight is 311 g/mol. The number of hydrogen-bond acceptors (Lipinski definition) is 5. The van der Waals surface area contributed by atoms with Gasteiger partial charge < -0.3 is 9.80 Å². The van der Waals surface area contributed by atoms with Crippen LogP contribution in [-0.2, 0) is 0 Å². The second-order valence-corrected chi connectivity index (χ2v) is 6.28. The lowest BCUT2D eigenvalue weighted by Gasteiger charge is -2.24. The maximum atomic E-state index is 4.87.